The van der Waals surface area contributed by atoms with Crippen LogP contribution in [0.1, 0.15) is 23.0 Å². The first-order valence-corrected chi connectivity index (χ1v) is 5.40. The van der Waals surface area contributed by atoms with E-state index in [0.717, 1.165) is 5.69 Å². The van der Waals surface area contributed by atoms with Crippen LogP contribution in [0, 0.1) is 0 Å². The molecule has 0 aliphatic carbocycles. The molecule has 0 unspecified atom stereocenters. The summed E-state index contributed by atoms with van der Waals surface area (Å²) in [5.74, 6) is -0.0123. The van der Waals surface area contributed by atoms with E-state index in [1.807, 2.05) is 6.92 Å². The number of pyridine rings is 1. The molecule has 0 fully saturated rings. The Labute approximate surface area is 102 Å². The first-order valence-electron chi connectivity index (χ1n) is 5.02. The quantitative estimate of drug-likeness (QED) is 0.813. The minimum atomic E-state index is -0.305. The molecule has 2 N–H and O–H groups in total. The van der Waals surface area contributed by atoms with E-state index in [4.69, 9.17) is 11.6 Å². The van der Waals surface area contributed by atoms with Crippen molar-refractivity contribution in [1.82, 2.24) is 20.2 Å². The molecular weight excluding hydrogens is 242 g/mol. The first-order chi connectivity index (χ1) is 8.19. The number of H-pyrrole nitrogens is 1. The first kappa shape index (κ1) is 11.5. The highest BCUT2D eigenvalue weighted by Crippen LogP contribution is 2.12. The standard InChI is InChI=1S/C10H10ClN5O/c1-2-7-3-6(4-8(11)14-7)9(17)15-10-12-5-13-16-10/h3-5H,2H2,1H3,(H2,12,13,15,16,17). The molecule has 0 spiro atoms. The van der Waals surface area contributed by atoms with Crippen molar-refractivity contribution in [2.45, 2.75) is 13.3 Å². The number of amides is 1. The van der Waals surface area contributed by atoms with E-state index in [-0.39, 0.29) is 5.91 Å². The third kappa shape index (κ3) is 2.79. The number of carbonyl (C=O) groups excluding carboxylic acids is 1. The predicted octanol–water partition coefficient (Wildman–Crippen LogP) is 1.67. The van der Waals surface area contributed by atoms with Crippen LogP contribution in [-0.4, -0.2) is 26.1 Å². The Balaban J connectivity index is 2.21. The van der Waals surface area contributed by atoms with Gasteiger partial charge in [0.25, 0.3) is 5.91 Å². The van der Waals surface area contributed by atoms with Gasteiger partial charge in [0.2, 0.25) is 5.95 Å². The Morgan fingerprint density at radius 2 is 2.35 bits per heavy atom. The molecule has 1 amide bonds. The molecule has 2 rings (SSSR count). The van der Waals surface area contributed by atoms with Gasteiger partial charge in [0.1, 0.15) is 11.5 Å². The minimum absolute atomic E-state index is 0.293. The second kappa shape index (κ2) is 4.92. The summed E-state index contributed by atoms with van der Waals surface area (Å²) in [5, 5.41) is 9.03. The van der Waals surface area contributed by atoms with Gasteiger partial charge in [-0.2, -0.15) is 10.1 Å². The van der Waals surface area contributed by atoms with Crippen LogP contribution in [0.15, 0.2) is 18.5 Å². The van der Waals surface area contributed by atoms with Crippen molar-refractivity contribution in [2.75, 3.05) is 5.32 Å². The van der Waals surface area contributed by atoms with E-state index in [1.54, 1.807) is 6.07 Å². The SMILES string of the molecule is CCc1cc(C(=O)Nc2ncn[nH]2)cc(Cl)n1. The number of nitrogens with one attached hydrogen (secondary N) is 2. The topological polar surface area (TPSA) is 83.6 Å². The van der Waals surface area contributed by atoms with Crippen LogP contribution in [0.2, 0.25) is 5.15 Å². The van der Waals surface area contributed by atoms with E-state index >= 15 is 0 Å². The van der Waals surface area contributed by atoms with E-state index < -0.39 is 0 Å². The molecule has 0 saturated carbocycles. The second-order valence-electron chi connectivity index (χ2n) is 3.31. The lowest BCUT2D eigenvalue weighted by atomic mass is 10.2. The van der Waals surface area contributed by atoms with Gasteiger partial charge >= 0.3 is 0 Å². The average molecular weight is 252 g/mol. The summed E-state index contributed by atoms with van der Waals surface area (Å²) in [6.07, 6.45) is 2.02. The van der Waals surface area contributed by atoms with Gasteiger partial charge in [0.05, 0.1) is 0 Å². The van der Waals surface area contributed by atoms with Crippen LogP contribution in [0.3, 0.4) is 0 Å². The summed E-state index contributed by atoms with van der Waals surface area (Å²) in [5.41, 5.74) is 1.21. The van der Waals surface area contributed by atoms with Crippen LogP contribution < -0.4 is 5.32 Å². The fourth-order valence-electron chi connectivity index (χ4n) is 1.31. The van der Waals surface area contributed by atoms with Crippen LogP contribution in [0.25, 0.3) is 0 Å². The Hall–Kier alpha value is -1.95. The summed E-state index contributed by atoms with van der Waals surface area (Å²) in [7, 11) is 0. The molecule has 88 valence electrons. The number of anilines is 1. The molecular formula is C10H10ClN5O. The molecule has 0 radical (unpaired) electrons. The lowest BCUT2D eigenvalue weighted by Crippen LogP contribution is -2.13. The maximum atomic E-state index is 11.8. The lowest BCUT2D eigenvalue weighted by Gasteiger charge is -2.04. The van der Waals surface area contributed by atoms with Crippen molar-refractivity contribution in [2.24, 2.45) is 0 Å². The highest BCUT2D eigenvalue weighted by molar-refractivity contribution is 6.29. The molecule has 7 heteroatoms. The number of nitrogens with zero attached hydrogens (tertiary/aromatic N) is 3. The maximum Gasteiger partial charge on any atom is 0.258 e. The number of aromatic nitrogens is 4. The van der Waals surface area contributed by atoms with Gasteiger partial charge in [0, 0.05) is 11.3 Å². The van der Waals surface area contributed by atoms with Gasteiger partial charge < -0.3 is 0 Å². The Bertz CT molecular complexity index is 525. The zero-order chi connectivity index (χ0) is 12.3. The van der Waals surface area contributed by atoms with Crippen molar-refractivity contribution < 1.29 is 4.79 Å². The van der Waals surface area contributed by atoms with E-state index in [1.165, 1.54) is 12.4 Å². The van der Waals surface area contributed by atoms with Gasteiger partial charge in [-0.15, -0.1) is 0 Å². The second-order valence-corrected chi connectivity index (χ2v) is 3.70. The summed E-state index contributed by atoms with van der Waals surface area (Å²) < 4.78 is 0. The zero-order valence-corrected chi connectivity index (χ0v) is 9.82. The van der Waals surface area contributed by atoms with Gasteiger partial charge in [-0.05, 0) is 18.6 Å². The molecule has 2 aromatic heterocycles. The fourth-order valence-corrected chi connectivity index (χ4v) is 1.53. The summed E-state index contributed by atoms with van der Waals surface area (Å²) in [6, 6.07) is 3.20. The number of aryl methyl sites for hydroxylation is 1. The highest BCUT2D eigenvalue weighted by Gasteiger charge is 2.10. The monoisotopic (exact) mass is 251 g/mol. The molecule has 2 aromatic rings. The third-order valence-corrected chi connectivity index (χ3v) is 2.31. The van der Waals surface area contributed by atoms with Crippen LogP contribution in [0.5, 0.6) is 0 Å². The number of halogens is 1. The van der Waals surface area contributed by atoms with Gasteiger partial charge in [0.15, 0.2) is 0 Å². The van der Waals surface area contributed by atoms with E-state index in [9.17, 15) is 4.79 Å². The Morgan fingerprint density at radius 3 is 3.00 bits per heavy atom. The van der Waals surface area contributed by atoms with Crippen LogP contribution >= 0.6 is 11.6 Å². The molecule has 0 atom stereocenters. The Kier molecular flexibility index (Phi) is 3.34. The number of aromatic amines is 1. The molecule has 2 heterocycles. The number of rotatable bonds is 3. The molecule has 17 heavy (non-hydrogen) atoms. The lowest BCUT2D eigenvalue weighted by molar-refractivity contribution is 0.102. The average Bonchev–Trinajstić information content (AvgIpc) is 2.81. The zero-order valence-electron chi connectivity index (χ0n) is 9.07. The minimum Gasteiger partial charge on any atom is -0.291 e. The summed E-state index contributed by atoms with van der Waals surface area (Å²) in [4.78, 5) is 19.7. The smallest absolute Gasteiger partial charge is 0.258 e. The van der Waals surface area contributed by atoms with E-state index in [0.29, 0.717) is 23.1 Å². The van der Waals surface area contributed by atoms with Crippen molar-refractivity contribution in [3.63, 3.8) is 0 Å². The molecule has 6 nitrogen and oxygen atoms in total. The molecule has 0 aliphatic rings. The highest BCUT2D eigenvalue weighted by atomic mass is 35.5. The Morgan fingerprint density at radius 1 is 1.53 bits per heavy atom. The number of carbonyl (C=O) groups is 1. The van der Waals surface area contributed by atoms with Crippen molar-refractivity contribution in [1.29, 1.82) is 0 Å². The summed E-state index contributed by atoms with van der Waals surface area (Å²) in [6.45, 7) is 1.94. The van der Waals surface area contributed by atoms with Crippen molar-refractivity contribution in [3.8, 4) is 0 Å². The van der Waals surface area contributed by atoms with Gasteiger partial charge in [-0.3, -0.25) is 10.1 Å². The van der Waals surface area contributed by atoms with E-state index in [2.05, 4.69) is 25.5 Å². The van der Waals surface area contributed by atoms with Gasteiger partial charge in [-0.1, -0.05) is 18.5 Å². The fraction of sp³-hybridized carbons (Fsp3) is 0.200. The summed E-state index contributed by atoms with van der Waals surface area (Å²) >= 11 is 5.83. The van der Waals surface area contributed by atoms with Crippen LogP contribution in [-0.2, 0) is 6.42 Å². The maximum absolute atomic E-state index is 11.8. The molecule has 0 aliphatic heterocycles. The molecule has 0 bridgehead atoms. The largest absolute Gasteiger partial charge is 0.291 e. The normalized spacial score (nSPS) is 10.2. The molecule has 0 saturated heterocycles. The molecule has 0 aromatic carbocycles. The number of hydrogen-bond donors (Lipinski definition) is 2. The van der Waals surface area contributed by atoms with Crippen LogP contribution in [0.4, 0.5) is 5.95 Å². The third-order valence-electron chi connectivity index (χ3n) is 2.12. The predicted molar refractivity (Wildman–Crippen MR) is 63.0 cm³/mol. The van der Waals surface area contributed by atoms with Gasteiger partial charge in [-0.25, -0.2) is 10.1 Å². The van der Waals surface area contributed by atoms with Crippen molar-refractivity contribution in [3.05, 3.63) is 34.9 Å². The van der Waals surface area contributed by atoms with Crippen molar-refractivity contribution >= 4 is 23.5 Å². The number of hydrogen-bond acceptors (Lipinski definition) is 4.